The Hall–Kier alpha value is -1.77. The third kappa shape index (κ3) is 2.97. The fourth-order valence-corrected chi connectivity index (χ4v) is 4.37. The molecule has 0 saturated carbocycles. The predicted molar refractivity (Wildman–Crippen MR) is 88.3 cm³/mol. The number of hydrogen-bond donors (Lipinski definition) is 1. The van der Waals surface area contributed by atoms with E-state index >= 15 is 0 Å². The van der Waals surface area contributed by atoms with Crippen molar-refractivity contribution < 1.29 is 12.8 Å². The fraction of sp³-hybridized carbons (Fsp3) is 0.438. The van der Waals surface area contributed by atoms with Gasteiger partial charge < -0.3 is 5.73 Å². The van der Waals surface area contributed by atoms with Crippen LogP contribution in [0.3, 0.4) is 0 Å². The van der Waals surface area contributed by atoms with Crippen LogP contribution >= 0.6 is 0 Å². The quantitative estimate of drug-likeness (QED) is 0.910. The Labute approximate surface area is 141 Å². The second kappa shape index (κ2) is 5.94. The molecule has 8 heteroatoms. The summed E-state index contributed by atoms with van der Waals surface area (Å²) in [6.45, 7) is 4.26. The molecule has 6 nitrogen and oxygen atoms in total. The largest absolute Gasteiger partial charge is 0.320 e. The molecule has 1 aromatic carbocycles. The standard InChI is InChI=1S/C16H21FN4O2S/c1-12(2)21-10-15(9-19-21)24(22,23)20-7-6-16(18,11-20)13-4-3-5-14(17)8-13/h3-5,8-10,12H,6-7,11,18H2,1-2H3. The van der Waals surface area contributed by atoms with Crippen molar-refractivity contribution in [3.05, 3.63) is 48.0 Å². The minimum Gasteiger partial charge on any atom is -0.320 e. The number of nitrogens with two attached hydrogens (primary N) is 1. The first-order valence-corrected chi connectivity index (χ1v) is 9.26. The van der Waals surface area contributed by atoms with Gasteiger partial charge in [-0.15, -0.1) is 0 Å². The average Bonchev–Trinajstić information content (AvgIpc) is 3.15. The highest BCUT2D eigenvalue weighted by Gasteiger charge is 2.42. The van der Waals surface area contributed by atoms with E-state index in [1.54, 1.807) is 16.8 Å². The molecule has 3 rings (SSSR count). The molecule has 0 spiro atoms. The second-order valence-electron chi connectivity index (χ2n) is 6.50. The Kier molecular flexibility index (Phi) is 4.23. The van der Waals surface area contributed by atoms with Crippen molar-refractivity contribution in [3.8, 4) is 0 Å². The summed E-state index contributed by atoms with van der Waals surface area (Å²) in [6, 6.07) is 6.11. The molecule has 130 valence electrons. The van der Waals surface area contributed by atoms with Crippen LogP contribution < -0.4 is 5.73 Å². The van der Waals surface area contributed by atoms with Gasteiger partial charge >= 0.3 is 0 Å². The highest BCUT2D eigenvalue weighted by atomic mass is 32.2. The van der Waals surface area contributed by atoms with Gasteiger partial charge in [0, 0.05) is 25.3 Å². The monoisotopic (exact) mass is 352 g/mol. The zero-order valence-corrected chi connectivity index (χ0v) is 14.5. The molecule has 1 atom stereocenters. The van der Waals surface area contributed by atoms with Crippen LogP contribution in [0.4, 0.5) is 4.39 Å². The van der Waals surface area contributed by atoms with Gasteiger partial charge in [0.25, 0.3) is 0 Å². The minimum atomic E-state index is -3.66. The van der Waals surface area contributed by atoms with Crippen LogP contribution in [0.2, 0.25) is 0 Å². The number of benzene rings is 1. The van der Waals surface area contributed by atoms with Crippen molar-refractivity contribution in [2.45, 2.75) is 36.7 Å². The third-order valence-electron chi connectivity index (χ3n) is 4.41. The average molecular weight is 352 g/mol. The molecule has 1 aliphatic rings. The van der Waals surface area contributed by atoms with Crippen molar-refractivity contribution in [2.24, 2.45) is 5.73 Å². The highest BCUT2D eigenvalue weighted by Crippen LogP contribution is 2.33. The molecule has 0 radical (unpaired) electrons. The fourth-order valence-electron chi connectivity index (χ4n) is 2.92. The van der Waals surface area contributed by atoms with Gasteiger partial charge in [0.1, 0.15) is 10.7 Å². The molecule has 1 unspecified atom stereocenters. The van der Waals surface area contributed by atoms with E-state index in [1.807, 2.05) is 13.8 Å². The smallest absolute Gasteiger partial charge is 0.246 e. The summed E-state index contributed by atoms with van der Waals surface area (Å²) in [5.74, 6) is -0.378. The maximum Gasteiger partial charge on any atom is 0.246 e. The van der Waals surface area contributed by atoms with Crippen LogP contribution in [0, 0.1) is 5.82 Å². The van der Waals surface area contributed by atoms with Crippen LogP contribution in [-0.4, -0.2) is 35.6 Å². The van der Waals surface area contributed by atoms with Crippen molar-refractivity contribution in [3.63, 3.8) is 0 Å². The maximum atomic E-state index is 13.5. The second-order valence-corrected chi connectivity index (χ2v) is 8.44. The number of aromatic nitrogens is 2. The zero-order valence-electron chi connectivity index (χ0n) is 13.7. The topological polar surface area (TPSA) is 81.2 Å². The van der Waals surface area contributed by atoms with Crippen molar-refractivity contribution in [1.82, 2.24) is 14.1 Å². The summed E-state index contributed by atoms with van der Waals surface area (Å²) in [5.41, 5.74) is 6.10. The zero-order chi connectivity index (χ0) is 17.5. The number of rotatable bonds is 4. The lowest BCUT2D eigenvalue weighted by atomic mass is 9.90. The Bertz CT molecular complexity index is 849. The normalized spacial score (nSPS) is 22.4. The van der Waals surface area contributed by atoms with E-state index in [0.717, 1.165) is 0 Å². The van der Waals surface area contributed by atoms with E-state index in [0.29, 0.717) is 18.5 Å². The molecule has 24 heavy (non-hydrogen) atoms. The summed E-state index contributed by atoms with van der Waals surface area (Å²) in [7, 11) is -3.66. The van der Waals surface area contributed by atoms with Crippen LogP contribution in [0.25, 0.3) is 0 Å². The first-order valence-electron chi connectivity index (χ1n) is 7.82. The molecule has 1 fully saturated rings. The van der Waals surface area contributed by atoms with E-state index in [2.05, 4.69) is 5.10 Å². The van der Waals surface area contributed by atoms with E-state index in [4.69, 9.17) is 5.73 Å². The van der Waals surface area contributed by atoms with Crippen molar-refractivity contribution >= 4 is 10.0 Å². The van der Waals surface area contributed by atoms with Crippen molar-refractivity contribution in [2.75, 3.05) is 13.1 Å². The molecule has 1 saturated heterocycles. The van der Waals surface area contributed by atoms with Gasteiger partial charge in [-0.2, -0.15) is 9.40 Å². The molecule has 0 amide bonds. The van der Waals surface area contributed by atoms with E-state index < -0.39 is 15.6 Å². The van der Waals surface area contributed by atoms with Gasteiger partial charge in [0.15, 0.2) is 0 Å². The Morgan fingerprint density at radius 2 is 2.12 bits per heavy atom. The minimum absolute atomic E-state index is 0.0772. The molecular weight excluding hydrogens is 331 g/mol. The van der Waals surface area contributed by atoms with E-state index in [9.17, 15) is 12.8 Å². The summed E-state index contributed by atoms with van der Waals surface area (Å²) in [6.07, 6.45) is 3.32. The number of hydrogen-bond acceptors (Lipinski definition) is 4. The molecule has 1 aromatic heterocycles. The highest BCUT2D eigenvalue weighted by molar-refractivity contribution is 7.89. The van der Waals surface area contributed by atoms with Crippen LogP contribution in [0.1, 0.15) is 31.9 Å². The summed E-state index contributed by atoms with van der Waals surface area (Å²) >= 11 is 0. The molecule has 0 bridgehead atoms. The predicted octanol–water partition coefficient (Wildman–Crippen LogP) is 1.85. The lowest BCUT2D eigenvalue weighted by molar-refractivity contribution is 0.425. The first kappa shape index (κ1) is 17.1. The first-order chi connectivity index (χ1) is 11.2. The molecule has 2 heterocycles. The SMILES string of the molecule is CC(C)n1cc(S(=O)(=O)N2CCC(N)(c3cccc(F)c3)C2)cn1. The van der Waals surface area contributed by atoms with Gasteiger partial charge in [0.05, 0.1) is 11.7 Å². The van der Waals surface area contributed by atoms with Gasteiger partial charge in [-0.3, -0.25) is 4.68 Å². The van der Waals surface area contributed by atoms with Gasteiger partial charge in [-0.1, -0.05) is 12.1 Å². The summed E-state index contributed by atoms with van der Waals surface area (Å²) in [4.78, 5) is 0.152. The molecule has 0 aliphatic carbocycles. The van der Waals surface area contributed by atoms with Crippen molar-refractivity contribution in [1.29, 1.82) is 0 Å². The van der Waals surface area contributed by atoms with E-state index in [-0.39, 0.29) is 23.3 Å². The number of sulfonamides is 1. The molecular formula is C16H21FN4O2S. The Morgan fingerprint density at radius 1 is 1.38 bits per heavy atom. The number of halogens is 1. The Balaban J connectivity index is 1.86. The van der Waals surface area contributed by atoms with Gasteiger partial charge in [0.2, 0.25) is 10.0 Å². The van der Waals surface area contributed by atoms with Crippen LogP contribution in [0.15, 0.2) is 41.6 Å². The van der Waals surface area contributed by atoms with Crippen LogP contribution in [-0.2, 0) is 15.6 Å². The van der Waals surface area contributed by atoms with Gasteiger partial charge in [-0.05, 0) is 38.0 Å². The molecule has 1 aliphatic heterocycles. The molecule has 2 aromatic rings. The summed E-state index contributed by atoms with van der Waals surface area (Å²) in [5, 5.41) is 4.09. The van der Waals surface area contributed by atoms with Crippen LogP contribution in [0.5, 0.6) is 0 Å². The lowest BCUT2D eigenvalue weighted by Crippen LogP contribution is -2.41. The summed E-state index contributed by atoms with van der Waals surface area (Å²) < 4.78 is 42.0. The molecule has 2 N–H and O–H groups in total. The third-order valence-corrected chi connectivity index (χ3v) is 6.21. The number of nitrogens with zero attached hydrogens (tertiary/aromatic N) is 3. The lowest BCUT2D eigenvalue weighted by Gasteiger charge is -2.25. The Morgan fingerprint density at radius 3 is 2.75 bits per heavy atom. The van der Waals surface area contributed by atoms with Gasteiger partial charge in [-0.25, -0.2) is 12.8 Å². The van der Waals surface area contributed by atoms with E-state index in [1.165, 1.54) is 28.8 Å². The maximum absolute atomic E-state index is 13.5.